The van der Waals surface area contributed by atoms with Gasteiger partial charge >= 0.3 is 0 Å². The van der Waals surface area contributed by atoms with Crippen molar-refractivity contribution in [3.63, 3.8) is 0 Å². The summed E-state index contributed by atoms with van der Waals surface area (Å²) in [4.78, 5) is 27.6. The Labute approximate surface area is 141 Å². The molecule has 7 nitrogen and oxygen atoms in total. The summed E-state index contributed by atoms with van der Waals surface area (Å²) in [6.45, 7) is 3.80. The highest BCUT2D eigenvalue weighted by molar-refractivity contribution is 5.87. The molecule has 24 heavy (non-hydrogen) atoms. The summed E-state index contributed by atoms with van der Waals surface area (Å²) in [6, 6.07) is 4.19. The van der Waals surface area contributed by atoms with Crippen molar-refractivity contribution in [1.29, 1.82) is 5.26 Å². The van der Waals surface area contributed by atoms with Crippen molar-refractivity contribution >= 4 is 22.8 Å². The fourth-order valence-electron chi connectivity index (χ4n) is 3.44. The standard InChI is InChI=1S/C17H22N6O/c1-12-10-23(15(24)5-7-18)14(12)4-3-9-22(2)17-13-6-8-19-16(13)20-11-21-17/h6,8,11-12,14H,3-5,9-10H2,1-2H3,(H,19,20,21)/t12-,14-/m0/s1. The summed E-state index contributed by atoms with van der Waals surface area (Å²) in [5, 5.41) is 9.70. The molecule has 1 saturated heterocycles. The molecule has 2 atom stereocenters. The highest BCUT2D eigenvalue weighted by atomic mass is 16.2. The molecule has 3 rings (SSSR count). The quantitative estimate of drug-likeness (QED) is 0.876. The van der Waals surface area contributed by atoms with E-state index < -0.39 is 0 Å². The summed E-state index contributed by atoms with van der Waals surface area (Å²) in [5.41, 5.74) is 0.841. The number of rotatable bonds is 6. The third kappa shape index (κ3) is 3.04. The van der Waals surface area contributed by atoms with Gasteiger partial charge in [0.1, 0.15) is 24.2 Å². The second-order valence-corrected chi connectivity index (χ2v) is 6.43. The molecule has 1 aliphatic heterocycles. The first kappa shape index (κ1) is 16.2. The monoisotopic (exact) mass is 326 g/mol. The average molecular weight is 326 g/mol. The average Bonchev–Trinajstić information content (AvgIpc) is 3.04. The Bertz CT molecular complexity index is 764. The van der Waals surface area contributed by atoms with Crippen molar-refractivity contribution in [2.75, 3.05) is 25.0 Å². The molecule has 126 valence electrons. The van der Waals surface area contributed by atoms with Crippen LogP contribution in [-0.2, 0) is 4.79 Å². The van der Waals surface area contributed by atoms with Gasteiger partial charge in [0.25, 0.3) is 0 Å². The van der Waals surface area contributed by atoms with Gasteiger partial charge in [0, 0.05) is 32.4 Å². The normalized spacial score (nSPS) is 19.8. The number of aromatic amines is 1. The predicted molar refractivity (Wildman–Crippen MR) is 91.3 cm³/mol. The highest BCUT2D eigenvalue weighted by Crippen LogP contribution is 2.29. The molecule has 7 heteroatoms. The Hall–Kier alpha value is -2.62. The van der Waals surface area contributed by atoms with Crippen LogP contribution in [0.2, 0.25) is 0 Å². The van der Waals surface area contributed by atoms with Crippen LogP contribution in [0.25, 0.3) is 11.0 Å². The molecule has 0 aromatic carbocycles. The van der Waals surface area contributed by atoms with Gasteiger partial charge in [-0.2, -0.15) is 5.26 Å². The summed E-state index contributed by atoms with van der Waals surface area (Å²) >= 11 is 0. The molecule has 3 heterocycles. The number of fused-ring (bicyclic) bond motifs is 1. The zero-order valence-electron chi connectivity index (χ0n) is 14.1. The maximum absolute atomic E-state index is 11.9. The number of nitrogens with zero attached hydrogens (tertiary/aromatic N) is 5. The van der Waals surface area contributed by atoms with Gasteiger partial charge in [-0.05, 0) is 24.8 Å². The number of anilines is 1. The number of hydrogen-bond acceptors (Lipinski definition) is 5. The summed E-state index contributed by atoms with van der Waals surface area (Å²) in [7, 11) is 2.03. The van der Waals surface area contributed by atoms with Gasteiger partial charge in [-0.25, -0.2) is 9.97 Å². The molecule has 0 aliphatic carbocycles. The van der Waals surface area contributed by atoms with Crippen molar-refractivity contribution < 1.29 is 4.79 Å². The Morgan fingerprint density at radius 1 is 1.54 bits per heavy atom. The molecule has 1 amide bonds. The number of nitriles is 1. The van der Waals surface area contributed by atoms with Crippen molar-refractivity contribution in [3.8, 4) is 6.07 Å². The minimum Gasteiger partial charge on any atom is -0.359 e. The van der Waals surface area contributed by atoms with Crippen LogP contribution in [0, 0.1) is 17.2 Å². The molecular formula is C17H22N6O. The van der Waals surface area contributed by atoms with Gasteiger partial charge in [0.15, 0.2) is 0 Å². The molecule has 1 N–H and O–H groups in total. The highest BCUT2D eigenvalue weighted by Gasteiger charge is 2.37. The number of nitrogens with one attached hydrogen (secondary N) is 1. The lowest BCUT2D eigenvalue weighted by molar-refractivity contribution is -0.142. The number of aromatic nitrogens is 3. The van der Waals surface area contributed by atoms with Crippen LogP contribution in [-0.4, -0.2) is 51.9 Å². The second kappa shape index (κ2) is 6.87. The van der Waals surface area contributed by atoms with Crippen LogP contribution >= 0.6 is 0 Å². The van der Waals surface area contributed by atoms with Crippen LogP contribution in [0.5, 0.6) is 0 Å². The molecule has 0 spiro atoms. The third-order valence-corrected chi connectivity index (χ3v) is 4.78. The van der Waals surface area contributed by atoms with E-state index in [1.807, 2.05) is 30.3 Å². The van der Waals surface area contributed by atoms with Crippen molar-refractivity contribution in [3.05, 3.63) is 18.6 Å². The predicted octanol–water partition coefficient (Wildman–Crippen LogP) is 1.93. The fraction of sp³-hybridized carbons (Fsp3) is 0.529. The number of amides is 1. The van der Waals surface area contributed by atoms with Gasteiger partial charge in [-0.3, -0.25) is 4.79 Å². The smallest absolute Gasteiger partial charge is 0.237 e. The molecule has 0 bridgehead atoms. The SMILES string of the molecule is C[C@H]1CN(C(=O)CC#N)[C@H]1CCCN(C)c1ncnc2[nH]ccc12. The Morgan fingerprint density at radius 3 is 3.12 bits per heavy atom. The van der Waals surface area contributed by atoms with E-state index in [9.17, 15) is 4.79 Å². The van der Waals surface area contributed by atoms with E-state index in [-0.39, 0.29) is 18.4 Å². The second-order valence-electron chi connectivity index (χ2n) is 6.43. The van der Waals surface area contributed by atoms with Crippen molar-refractivity contribution in [2.24, 2.45) is 5.92 Å². The number of likely N-dealkylation sites (tertiary alicyclic amines) is 1. The van der Waals surface area contributed by atoms with Crippen molar-refractivity contribution in [1.82, 2.24) is 19.9 Å². The van der Waals surface area contributed by atoms with E-state index in [2.05, 4.69) is 26.8 Å². The fourth-order valence-corrected chi connectivity index (χ4v) is 3.44. The van der Waals surface area contributed by atoms with Gasteiger partial charge in [0.2, 0.25) is 5.91 Å². The number of carbonyl (C=O) groups is 1. The Kier molecular flexibility index (Phi) is 4.65. The molecule has 0 saturated carbocycles. The number of H-pyrrole nitrogens is 1. The lowest BCUT2D eigenvalue weighted by Crippen LogP contribution is -2.57. The molecule has 2 aromatic heterocycles. The van der Waals surface area contributed by atoms with Crippen LogP contribution < -0.4 is 4.90 Å². The molecule has 1 fully saturated rings. The van der Waals surface area contributed by atoms with Gasteiger partial charge in [-0.15, -0.1) is 0 Å². The van der Waals surface area contributed by atoms with E-state index >= 15 is 0 Å². The minimum atomic E-state index is -0.0428. The lowest BCUT2D eigenvalue weighted by atomic mass is 9.86. The first-order valence-corrected chi connectivity index (χ1v) is 8.27. The zero-order chi connectivity index (χ0) is 17.1. The number of carbonyl (C=O) groups excluding carboxylic acids is 1. The minimum absolute atomic E-state index is 0.0183. The molecule has 0 radical (unpaired) electrons. The molecular weight excluding hydrogens is 304 g/mol. The molecule has 2 aromatic rings. The van der Waals surface area contributed by atoms with Gasteiger partial charge in [0.05, 0.1) is 11.5 Å². The first-order valence-electron chi connectivity index (χ1n) is 8.27. The largest absolute Gasteiger partial charge is 0.359 e. The molecule has 0 unspecified atom stereocenters. The van der Waals surface area contributed by atoms with Gasteiger partial charge in [-0.1, -0.05) is 6.92 Å². The van der Waals surface area contributed by atoms with Crippen molar-refractivity contribution in [2.45, 2.75) is 32.2 Å². The Morgan fingerprint density at radius 2 is 2.38 bits per heavy atom. The maximum atomic E-state index is 11.9. The van der Waals surface area contributed by atoms with Gasteiger partial charge < -0.3 is 14.8 Å². The van der Waals surface area contributed by atoms with Crippen LogP contribution in [0.15, 0.2) is 18.6 Å². The lowest BCUT2D eigenvalue weighted by Gasteiger charge is -2.47. The maximum Gasteiger partial charge on any atom is 0.237 e. The van der Waals surface area contributed by atoms with E-state index in [1.165, 1.54) is 0 Å². The summed E-state index contributed by atoms with van der Waals surface area (Å²) in [6.07, 6.45) is 5.34. The van der Waals surface area contributed by atoms with E-state index in [0.29, 0.717) is 5.92 Å². The summed E-state index contributed by atoms with van der Waals surface area (Å²) < 4.78 is 0. The molecule has 1 aliphatic rings. The van der Waals surface area contributed by atoms with Crippen LogP contribution in [0.3, 0.4) is 0 Å². The van der Waals surface area contributed by atoms with Crippen LogP contribution in [0.1, 0.15) is 26.2 Å². The van der Waals surface area contributed by atoms with E-state index in [4.69, 9.17) is 5.26 Å². The summed E-state index contributed by atoms with van der Waals surface area (Å²) in [5.74, 6) is 1.38. The van der Waals surface area contributed by atoms with E-state index in [0.717, 1.165) is 42.8 Å². The first-order chi connectivity index (χ1) is 11.6. The number of hydrogen-bond donors (Lipinski definition) is 1. The topological polar surface area (TPSA) is 88.9 Å². The third-order valence-electron chi connectivity index (χ3n) is 4.78. The Balaban J connectivity index is 1.55. The van der Waals surface area contributed by atoms with E-state index in [1.54, 1.807) is 6.33 Å². The van der Waals surface area contributed by atoms with Crippen LogP contribution in [0.4, 0.5) is 5.82 Å². The zero-order valence-corrected chi connectivity index (χ0v) is 14.1.